The van der Waals surface area contributed by atoms with Crippen LogP contribution >= 0.6 is 24.8 Å². The van der Waals surface area contributed by atoms with E-state index in [1.807, 2.05) is 0 Å². The minimum absolute atomic E-state index is 0.161. The smallest absolute Gasteiger partial charge is 0.134 e. The standard InChI is InChI=1S/C17H23NS2/c1-13-9-5-7-11-16(13,3)18(15(19)20)17(4)12-8-6-10-14(17)2/h5-14H,1-4H3,(H,19,20). The molecular formula is C17H23NS2. The van der Waals surface area contributed by atoms with Gasteiger partial charge in [0.05, 0.1) is 11.1 Å². The lowest BCUT2D eigenvalue weighted by Crippen LogP contribution is -2.62. The van der Waals surface area contributed by atoms with Crippen LogP contribution in [0.25, 0.3) is 0 Å². The molecule has 4 atom stereocenters. The van der Waals surface area contributed by atoms with E-state index in [-0.39, 0.29) is 11.1 Å². The fraction of sp³-hybridized carbons (Fsp3) is 0.471. The first-order valence-electron chi connectivity index (χ1n) is 7.07. The molecule has 2 aliphatic carbocycles. The van der Waals surface area contributed by atoms with Gasteiger partial charge in [0.15, 0.2) is 0 Å². The molecule has 2 aliphatic rings. The number of allylic oxidation sites excluding steroid dienone is 4. The van der Waals surface area contributed by atoms with Crippen LogP contribution in [0.3, 0.4) is 0 Å². The van der Waals surface area contributed by atoms with Crippen LogP contribution in [0.5, 0.6) is 0 Å². The van der Waals surface area contributed by atoms with Crippen LogP contribution in [0.2, 0.25) is 0 Å². The van der Waals surface area contributed by atoms with Gasteiger partial charge >= 0.3 is 0 Å². The van der Waals surface area contributed by atoms with E-state index in [9.17, 15) is 0 Å². The van der Waals surface area contributed by atoms with Crippen molar-refractivity contribution in [2.75, 3.05) is 0 Å². The molecule has 0 aromatic carbocycles. The van der Waals surface area contributed by atoms with E-state index in [1.165, 1.54) is 0 Å². The highest BCUT2D eigenvalue weighted by atomic mass is 32.1. The second-order valence-electron chi connectivity index (χ2n) is 6.14. The average molecular weight is 306 g/mol. The Morgan fingerprint density at radius 3 is 1.65 bits per heavy atom. The first-order valence-corrected chi connectivity index (χ1v) is 7.93. The van der Waals surface area contributed by atoms with E-state index in [0.717, 1.165) is 0 Å². The van der Waals surface area contributed by atoms with Crippen LogP contribution in [-0.4, -0.2) is 20.3 Å². The van der Waals surface area contributed by atoms with Crippen molar-refractivity contribution < 1.29 is 0 Å². The highest BCUT2D eigenvalue weighted by molar-refractivity contribution is 8.10. The molecule has 2 rings (SSSR count). The Morgan fingerprint density at radius 2 is 1.35 bits per heavy atom. The molecule has 0 bridgehead atoms. The molecule has 0 radical (unpaired) electrons. The first kappa shape index (κ1) is 15.6. The molecule has 3 heteroatoms. The van der Waals surface area contributed by atoms with Crippen molar-refractivity contribution in [1.29, 1.82) is 0 Å². The van der Waals surface area contributed by atoms with Gasteiger partial charge in [-0.15, -0.1) is 12.6 Å². The number of rotatable bonds is 2. The van der Waals surface area contributed by atoms with Gasteiger partial charge in [0.1, 0.15) is 4.32 Å². The Hall–Kier alpha value is -0.800. The number of nitrogens with zero attached hydrogens (tertiary/aromatic N) is 1. The third-order valence-electron chi connectivity index (χ3n) is 4.89. The molecule has 4 unspecified atom stereocenters. The summed E-state index contributed by atoms with van der Waals surface area (Å²) in [4.78, 5) is 2.29. The van der Waals surface area contributed by atoms with E-state index < -0.39 is 0 Å². The quantitative estimate of drug-likeness (QED) is 0.589. The molecule has 1 nitrogen and oxygen atoms in total. The first-order chi connectivity index (χ1) is 9.32. The summed E-state index contributed by atoms with van der Waals surface area (Å²) >= 11 is 10.0. The molecular weight excluding hydrogens is 282 g/mol. The van der Waals surface area contributed by atoms with Crippen molar-refractivity contribution in [2.45, 2.75) is 38.8 Å². The number of hydrogen-bond acceptors (Lipinski definition) is 1. The molecule has 0 saturated carbocycles. The molecule has 0 N–H and O–H groups in total. The lowest BCUT2D eigenvalue weighted by Gasteiger charge is -2.55. The molecule has 0 saturated heterocycles. The maximum atomic E-state index is 5.50. The molecule has 0 fully saturated rings. The second-order valence-corrected chi connectivity index (χ2v) is 7.25. The van der Waals surface area contributed by atoms with Gasteiger partial charge in [-0.05, 0) is 13.8 Å². The minimum Gasteiger partial charge on any atom is -0.339 e. The summed E-state index contributed by atoms with van der Waals surface area (Å²) in [6.07, 6.45) is 17.4. The highest BCUT2D eigenvalue weighted by Crippen LogP contribution is 2.41. The van der Waals surface area contributed by atoms with Crippen molar-refractivity contribution in [1.82, 2.24) is 4.90 Å². The maximum Gasteiger partial charge on any atom is 0.134 e. The van der Waals surface area contributed by atoms with Crippen LogP contribution in [0.15, 0.2) is 48.6 Å². The SMILES string of the molecule is CC1C=CC=CC1(C)N(C(=S)S)C1(C)C=CC=CC1C. The van der Waals surface area contributed by atoms with Crippen molar-refractivity contribution in [3.05, 3.63) is 48.6 Å². The summed E-state index contributed by atoms with van der Waals surface area (Å²) in [7, 11) is 0. The van der Waals surface area contributed by atoms with Gasteiger partial charge in [0, 0.05) is 11.8 Å². The molecule has 0 aliphatic heterocycles. The number of thiol groups is 1. The summed E-state index contributed by atoms with van der Waals surface area (Å²) in [5.74, 6) is 0.752. The zero-order valence-corrected chi connectivity index (χ0v) is 14.3. The fourth-order valence-corrected chi connectivity index (χ4v) is 3.97. The molecule has 0 amide bonds. The van der Waals surface area contributed by atoms with Gasteiger partial charge in [0.25, 0.3) is 0 Å². The summed E-state index contributed by atoms with van der Waals surface area (Å²) in [6, 6.07) is 0. The van der Waals surface area contributed by atoms with Gasteiger partial charge in [-0.1, -0.05) is 74.7 Å². The topological polar surface area (TPSA) is 3.24 Å². The van der Waals surface area contributed by atoms with Crippen LogP contribution in [0.1, 0.15) is 27.7 Å². The van der Waals surface area contributed by atoms with E-state index in [1.54, 1.807) is 0 Å². The number of thiocarbonyl (C=S) groups is 1. The lowest BCUT2D eigenvalue weighted by molar-refractivity contribution is 0.0904. The van der Waals surface area contributed by atoms with E-state index in [0.29, 0.717) is 16.2 Å². The fourth-order valence-electron chi connectivity index (χ4n) is 3.14. The second kappa shape index (κ2) is 5.53. The lowest BCUT2D eigenvalue weighted by atomic mass is 9.74. The Balaban J connectivity index is 2.50. The van der Waals surface area contributed by atoms with Gasteiger partial charge in [0.2, 0.25) is 0 Å². The van der Waals surface area contributed by atoms with Crippen molar-refractivity contribution in [3.63, 3.8) is 0 Å². The third-order valence-corrected chi connectivity index (χ3v) is 5.27. The Labute approximate surface area is 133 Å². The zero-order valence-electron chi connectivity index (χ0n) is 12.6. The average Bonchev–Trinajstić information content (AvgIpc) is 2.36. The van der Waals surface area contributed by atoms with Crippen LogP contribution in [0.4, 0.5) is 0 Å². The maximum absolute atomic E-state index is 5.50. The predicted octanol–water partition coefficient (Wildman–Crippen LogP) is 4.54. The molecule has 0 spiro atoms. The Kier molecular flexibility index (Phi) is 4.31. The van der Waals surface area contributed by atoms with Crippen LogP contribution < -0.4 is 0 Å². The van der Waals surface area contributed by atoms with E-state index in [2.05, 4.69) is 93.8 Å². The summed E-state index contributed by atoms with van der Waals surface area (Å²) < 4.78 is 0.647. The van der Waals surface area contributed by atoms with Crippen LogP contribution in [-0.2, 0) is 0 Å². The van der Waals surface area contributed by atoms with E-state index in [4.69, 9.17) is 12.2 Å². The Morgan fingerprint density at radius 1 is 0.950 bits per heavy atom. The largest absolute Gasteiger partial charge is 0.339 e. The predicted molar refractivity (Wildman–Crippen MR) is 95.1 cm³/mol. The molecule has 0 aromatic heterocycles. The van der Waals surface area contributed by atoms with Gasteiger partial charge in [-0.3, -0.25) is 0 Å². The highest BCUT2D eigenvalue weighted by Gasteiger charge is 2.46. The Bertz CT molecular complexity index is 477. The molecule has 20 heavy (non-hydrogen) atoms. The van der Waals surface area contributed by atoms with Crippen molar-refractivity contribution >= 4 is 29.2 Å². The zero-order chi connectivity index (χ0) is 15.0. The van der Waals surface area contributed by atoms with Crippen molar-refractivity contribution in [2.24, 2.45) is 11.8 Å². The summed E-state index contributed by atoms with van der Waals surface area (Å²) in [5, 5.41) is 0. The van der Waals surface area contributed by atoms with Gasteiger partial charge in [-0.25, -0.2) is 0 Å². The molecule has 0 aromatic rings. The van der Waals surface area contributed by atoms with Crippen LogP contribution in [0, 0.1) is 11.8 Å². The summed E-state index contributed by atoms with van der Waals surface area (Å²) in [6.45, 7) is 8.94. The minimum atomic E-state index is -0.161. The normalized spacial score (nSPS) is 39.0. The van der Waals surface area contributed by atoms with Gasteiger partial charge in [-0.2, -0.15) is 0 Å². The monoisotopic (exact) mass is 305 g/mol. The number of hydrogen-bond donors (Lipinski definition) is 1. The molecule has 108 valence electrons. The summed E-state index contributed by atoms with van der Waals surface area (Å²) in [5.41, 5.74) is -0.321. The molecule has 0 heterocycles. The van der Waals surface area contributed by atoms with Crippen molar-refractivity contribution in [3.8, 4) is 0 Å². The third kappa shape index (κ3) is 2.42. The van der Waals surface area contributed by atoms with E-state index >= 15 is 0 Å². The van der Waals surface area contributed by atoms with Gasteiger partial charge < -0.3 is 4.90 Å².